The number of halogens is 1. The van der Waals surface area contributed by atoms with E-state index in [0.717, 1.165) is 11.1 Å². The first-order chi connectivity index (χ1) is 13.1. The minimum atomic E-state index is -0.254. The van der Waals surface area contributed by atoms with Crippen molar-refractivity contribution in [2.75, 3.05) is 11.9 Å². The molecule has 3 aromatic rings. The highest BCUT2D eigenvalue weighted by Gasteiger charge is 2.13. The molecule has 0 saturated heterocycles. The third-order valence-corrected chi connectivity index (χ3v) is 4.15. The van der Waals surface area contributed by atoms with Crippen LogP contribution in [0.15, 0.2) is 66.9 Å². The number of rotatable bonds is 7. The van der Waals surface area contributed by atoms with E-state index in [1.807, 2.05) is 37.3 Å². The van der Waals surface area contributed by atoms with E-state index >= 15 is 0 Å². The lowest BCUT2D eigenvalue weighted by molar-refractivity contribution is 0.0935. The number of benzene rings is 2. The molecule has 0 fully saturated rings. The summed E-state index contributed by atoms with van der Waals surface area (Å²) in [5, 5.41) is 6.03. The first kappa shape index (κ1) is 18.5. The summed E-state index contributed by atoms with van der Waals surface area (Å²) in [6.07, 6.45) is 2.25. The van der Waals surface area contributed by atoms with Gasteiger partial charge in [0.25, 0.3) is 5.91 Å². The monoisotopic (exact) mass is 364 g/mol. The fraction of sp³-hybridized carbons (Fsp3) is 0.190. The van der Waals surface area contributed by atoms with Gasteiger partial charge < -0.3 is 10.6 Å². The molecular formula is C21H21FN4O. The van der Waals surface area contributed by atoms with Crippen molar-refractivity contribution < 1.29 is 9.18 Å². The molecule has 138 valence electrons. The second kappa shape index (κ2) is 8.89. The topological polar surface area (TPSA) is 66.9 Å². The Kier molecular flexibility index (Phi) is 6.10. The predicted octanol–water partition coefficient (Wildman–Crippen LogP) is 3.76. The van der Waals surface area contributed by atoms with Crippen LogP contribution in [0.2, 0.25) is 0 Å². The zero-order valence-electron chi connectivity index (χ0n) is 15.0. The number of aromatic nitrogens is 2. The van der Waals surface area contributed by atoms with Gasteiger partial charge in [0.1, 0.15) is 11.5 Å². The summed E-state index contributed by atoms with van der Waals surface area (Å²) in [7, 11) is 0. The number of nitrogens with zero attached hydrogens (tertiary/aromatic N) is 2. The highest BCUT2D eigenvalue weighted by atomic mass is 19.1. The molecule has 3 rings (SSSR count). The van der Waals surface area contributed by atoms with Crippen molar-refractivity contribution in [3.63, 3.8) is 0 Å². The minimum absolute atomic E-state index is 0.122. The summed E-state index contributed by atoms with van der Waals surface area (Å²) < 4.78 is 12.9. The van der Waals surface area contributed by atoms with E-state index in [-0.39, 0.29) is 17.8 Å². The third-order valence-electron chi connectivity index (χ3n) is 4.15. The number of hydrogen-bond donors (Lipinski definition) is 2. The Morgan fingerprint density at radius 1 is 1.07 bits per heavy atom. The number of anilines is 1. The molecule has 27 heavy (non-hydrogen) atoms. The third kappa shape index (κ3) is 5.34. The van der Waals surface area contributed by atoms with Crippen LogP contribution in [0.25, 0.3) is 0 Å². The molecule has 2 aromatic carbocycles. The van der Waals surface area contributed by atoms with Gasteiger partial charge in [-0.2, -0.15) is 0 Å². The van der Waals surface area contributed by atoms with Crippen molar-refractivity contribution in [3.05, 3.63) is 89.5 Å². The van der Waals surface area contributed by atoms with Gasteiger partial charge in [0.15, 0.2) is 0 Å². The molecule has 1 unspecified atom stereocenters. The van der Waals surface area contributed by atoms with Gasteiger partial charge in [0.05, 0.1) is 6.04 Å². The highest BCUT2D eigenvalue weighted by molar-refractivity contribution is 5.92. The van der Waals surface area contributed by atoms with Crippen LogP contribution in [0.1, 0.15) is 34.6 Å². The summed E-state index contributed by atoms with van der Waals surface area (Å²) in [4.78, 5) is 20.9. The summed E-state index contributed by atoms with van der Waals surface area (Å²) in [5.74, 6) is -0.119. The average Bonchev–Trinajstić information content (AvgIpc) is 2.70. The quantitative estimate of drug-likeness (QED) is 0.670. The molecule has 5 nitrogen and oxygen atoms in total. The predicted molar refractivity (Wildman–Crippen MR) is 103 cm³/mol. The van der Waals surface area contributed by atoms with E-state index in [1.165, 1.54) is 12.1 Å². The second-order valence-corrected chi connectivity index (χ2v) is 6.17. The molecule has 0 aliphatic heterocycles. The summed E-state index contributed by atoms with van der Waals surface area (Å²) in [6.45, 7) is 2.51. The van der Waals surface area contributed by atoms with Crippen LogP contribution in [0, 0.1) is 5.82 Å². The molecule has 0 spiro atoms. The molecule has 1 aromatic heterocycles. The van der Waals surface area contributed by atoms with Gasteiger partial charge in [0.2, 0.25) is 5.95 Å². The average molecular weight is 364 g/mol. The summed E-state index contributed by atoms with van der Waals surface area (Å²) in [5.41, 5.74) is 2.34. The van der Waals surface area contributed by atoms with Crippen LogP contribution < -0.4 is 10.6 Å². The normalized spacial score (nSPS) is 11.6. The number of amides is 1. The van der Waals surface area contributed by atoms with E-state index in [0.29, 0.717) is 24.6 Å². The van der Waals surface area contributed by atoms with E-state index in [1.54, 1.807) is 24.4 Å². The summed E-state index contributed by atoms with van der Waals surface area (Å²) >= 11 is 0. The number of carbonyl (C=O) groups is 1. The van der Waals surface area contributed by atoms with Crippen molar-refractivity contribution in [3.8, 4) is 0 Å². The maximum Gasteiger partial charge on any atom is 0.270 e. The fourth-order valence-electron chi connectivity index (χ4n) is 2.64. The Morgan fingerprint density at radius 3 is 2.56 bits per heavy atom. The summed E-state index contributed by atoms with van der Waals surface area (Å²) in [6, 6.07) is 17.6. The first-order valence-electron chi connectivity index (χ1n) is 8.79. The van der Waals surface area contributed by atoms with Crippen molar-refractivity contribution in [1.29, 1.82) is 0 Å². The van der Waals surface area contributed by atoms with E-state index in [2.05, 4.69) is 20.6 Å². The Balaban J connectivity index is 1.56. The smallest absolute Gasteiger partial charge is 0.270 e. The number of carbonyl (C=O) groups excluding carboxylic acids is 1. The Morgan fingerprint density at radius 2 is 1.81 bits per heavy atom. The van der Waals surface area contributed by atoms with Gasteiger partial charge in [-0.15, -0.1) is 0 Å². The number of nitrogens with one attached hydrogen (secondary N) is 2. The fourth-order valence-corrected chi connectivity index (χ4v) is 2.64. The molecule has 0 radical (unpaired) electrons. The van der Waals surface area contributed by atoms with Crippen molar-refractivity contribution in [1.82, 2.24) is 15.3 Å². The number of hydrogen-bond acceptors (Lipinski definition) is 4. The van der Waals surface area contributed by atoms with Crippen molar-refractivity contribution >= 4 is 11.9 Å². The molecule has 1 heterocycles. The Hall–Kier alpha value is -3.28. The van der Waals surface area contributed by atoms with Gasteiger partial charge in [0, 0.05) is 12.7 Å². The molecule has 0 aliphatic carbocycles. The van der Waals surface area contributed by atoms with E-state index in [4.69, 9.17) is 0 Å². The lowest BCUT2D eigenvalue weighted by Gasteiger charge is -2.14. The van der Waals surface area contributed by atoms with Crippen LogP contribution >= 0.6 is 0 Å². The SMILES string of the molecule is CC(NC(=O)c1ccnc(NCCc2ccc(F)cc2)n1)c1ccccc1. The zero-order chi connectivity index (χ0) is 19.1. The molecule has 0 saturated carbocycles. The lowest BCUT2D eigenvalue weighted by atomic mass is 10.1. The molecule has 1 amide bonds. The minimum Gasteiger partial charge on any atom is -0.354 e. The zero-order valence-corrected chi connectivity index (χ0v) is 15.0. The maximum absolute atomic E-state index is 12.9. The largest absolute Gasteiger partial charge is 0.354 e. The van der Waals surface area contributed by atoms with Crippen molar-refractivity contribution in [2.24, 2.45) is 0 Å². The molecule has 6 heteroatoms. The van der Waals surface area contributed by atoms with Gasteiger partial charge >= 0.3 is 0 Å². The molecular weight excluding hydrogens is 343 g/mol. The van der Waals surface area contributed by atoms with Crippen LogP contribution in [0.5, 0.6) is 0 Å². The first-order valence-corrected chi connectivity index (χ1v) is 8.79. The Labute approximate surface area is 157 Å². The Bertz CT molecular complexity index is 884. The van der Waals surface area contributed by atoms with Crippen LogP contribution in [0.3, 0.4) is 0 Å². The van der Waals surface area contributed by atoms with Gasteiger partial charge in [-0.1, -0.05) is 42.5 Å². The standard InChI is InChI=1S/C21H21FN4O/c1-15(17-5-3-2-4-6-17)25-20(27)19-12-14-24-21(26-19)23-13-11-16-7-9-18(22)10-8-16/h2-10,12,14-15H,11,13H2,1H3,(H,25,27)(H,23,24,26). The van der Waals surface area contributed by atoms with Crippen LogP contribution in [-0.2, 0) is 6.42 Å². The maximum atomic E-state index is 12.9. The molecule has 0 aliphatic rings. The lowest BCUT2D eigenvalue weighted by Crippen LogP contribution is -2.27. The molecule has 1 atom stereocenters. The van der Waals surface area contributed by atoms with Crippen LogP contribution in [-0.4, -0.2) is 22.4 Å². The van der Waals surface area contributed by atoms with Crippen molar-refractivity contribution in [2.45, 2.75) is 19.4 Å². The van der Waals surface area contributed by atoms with Gasteiger partial charge in [-0.3, -0.25) is 4.79 Å². The van der Waals surface area contributed by atoms with Crippen LogP contribution in [0.4, 0.5) is 10.3 Å². The van der Waals surface area contributed by atoms with Gasteiger partial charge in [-0.25, -0.2) is 14.4 Å². The van der Waals surface area contributed by atoms with Gasteiger partial charge in [-0.05, 0) is 42.7 Å². The van der Waals surface area contributed by atoms with E-state index in [9.17, 15) is 9.18 Å². The van der Waals surface area contributed by atoms with E-state index < -0.39 is 0 Å². The second-order valence-electron chi connectivity index (χ2n) is 6.17. The highest BCUT2D eigenvalue weighted by Crippen LogP contribution is 2.12. The molecule has 0 bridgehead atoms. The molecule has 2 N–H and O–H groups in total.